The molecular formula is C11H16O3. The molecule has 1 rings (SSSR count). The Labute approximate surface area is 84.0 Å². The van der Waals surface area contributed by atoms with Crippen molar-refractivity contribution in [2.45, 2.75) is 26.4 Å². The second-order valence-electron chi connectivity index (χ2n) is 3.23. The van der Waals surface area contributed by atoms with Crippen LogP contribution in [0.4, 0.5) is 0 Å². The molecule has 0 aliphatic carbocycles. The van der Waals surface area contributed by atoms with Crippen LogP contribution in [0.3, 0.4) is 0 Å². The Kier molecular flexibility index (Phi) is 4.26. The van der Waals surface area contributed by atoms with Crippen LogP contribution in [-0.2, 0) is 11.3 Å². The molecule has 0 fully saturated rings. The molecule has 0 atom stereocenters. The summed E-state index contributed by atoms with van der Waals surface area (Å²) in [7, 11) is 0. The van der Waals surface area contributed by atoms with Gasteiger partial charge in [-0.05, 0) is 24.1 Å². The molecule has 1 aromatic rings. The molecule has 0 saturated carbocycles. The number of hydrogen-bond acceptors (Lipinski definition) is 3. The summed E-state index contributed by atoms with van der Waals surface area (Å²) < 4.78 is 5.36. The van der Waals surface area contributed by atoms with E-state index in [-0.39, 0.29) is 11.5 Å². The lowest BCUT2D eigenvalue weighted by molar-refractivity contribution is 0.118. The number of ether oxygens (including phenoxy) is 1. The minimum absolute atomic E-state index is 0.0951. The average molecular weight is 196 g/mol. The molecule has 0 amide bonds. The molecule has 0 radical (unpaired) electrons. The lowest BCUT2D eigenvalue weighted by atomic mass is 10.2. The first-order chi connectivity index (χ1) is 6.74. The van der Waals surface area contributed by atoms with Gasteiger partial charge in [0.2, 0.25) is 0 Å². The maximum Gasteiger partial charge on any atom is 0.157 e. The van der Waals surface area contributed by atoms with Crippen molar-refractivity contribution < 1.29 is 14.9 Å². The third-order valence-corrected chi connectivity index (χ3v) is 1.95. The molecule has 0 saturated heterocycles. The largest absolute Gasteiger partial charge is 0.504 e. The minimum Gasteiger partial charge on any atom is -0.504 e. The van der Waals surface area contributed by atoms with Crippen molar-refractivity contribution in [2.75, 3.05) is 6.61 Å². The molecule has 78 valence electrons. The Hall–Kier alpha value is -1.22. The molecule has 0 aliphatic rings. The Balaban J connectivity index is 2.39. The molecule has 0 unspecified atom stereocenters. The Morgan fingerprint density at radius 3 is 2.64 bits per heavy atom. The van der Waals surface area contributed by atoms with Crippen LogP contribution in [0.5, 0.6) is 11.5 Å². The van der Waals surface area contributed by atoms with Gasteiger partial charge in [-0.3, -0.25) is 0 Å². The highest BCUT2D eigenvalue weighted by Crippen LogP contribution is 2.25. The number of phenolic OH excluding ortho intramolecular Hbond substituents is 2. The molecule has 2 N–H and O–H groups in total. The monoisotopic (exact) mass is 196 g/mol. The molecule has 0 aromatic heterocycles. The summed E-state index contributed by atoms with van der Waals surface area (Å²) >= 11 is 0. The van der Waals surface area contributed by atoms with E-state index in [1.54, 1.807) is 6.07 Å². The van der Waals surface area contributed by atoms with Gasteiger partial charge in [-0.2, -0.15) is 0 Å². The van der Waals surface area contributed by atoms with Crippen LogP contribution < -0.4 is 0 Å². The van der Waals surface area contributed by atoms with Crippen molar-refractivity contribution >= 4 is 0 Å². The standard InChI is InChI=1S/C11H16O3/c1-2-3-6-14-8-9-4-5-10(12)11(13)7-9/h4-5,7,12-13H,2-3,6,8H2,1H3. The highest BCUT2D eigenvalue weighted by Gasteiger charge is 2.00. The fourth-order valence-corrected chi connectivity index (χ4v) is 1.10. The van der Waals surface area contributed by atoms with Crippen molar-refractivity contribution in [1.29, 1.82) is 0 Å². The van der Waals surface area contributed by atoms with E-state index >= 15 is 0 Å². The summed E-state index contributed by atoms with van der Waals surface area (Å²) in [5, 5.41) is 18.3. The van der Waals surface area contributed by atoms with Crippen LogP contribution in [0.2, 0.25) is 0 Å². The smallest absolute Gasteiger partial charge is 0.157 e. The zero-order chi connectivity index (χ0) is 10.4. The summed E-state index contributed by atoms with van der Waals surface area (Å²) in [6.45, 7) is 3.32. The molecule has 0 spiro atoms. The predicted octanol–water partition coefficient (Wildman–Crippen LogP) is 2.41. The highest BCUT2D eigenvalue weighted by molar-refractivity contribution is 5.40. The zero-order valence-corrected chi connectivity index (χ0v) is 8.36. The molecule has 14 heavy (non-hydrogen) atoms. The van der Waals surface area contributed by atoms with Crippen LogP contribution in [0.25, 0.3) is 0 Å². The third kappa shape index (κ3) is 3.26. The summed E-state index contributed by atoms with van der Waals surface area (Å²) in [6.07, 6.45) is 2.16. The number of unbranched alkanes of at least 4 members (excludes halogenated alkanes) is 1. The van der Waals surface area contributed by atoms with Gasteiger partial charge in [0, 0.05) is 6.61 Å². The first kappa shape index (κ1) is 10.9. The average Bonchev–Trinajstić information content (AvgIpc) is 2.18. The quantitative estimate of drug-likeness (QED) is 0.561. The normalized spacial score (nSPS) is 10.4. The maximum atomic E-state index is 9.20. The number of phenols is 2. The van der Waals surface area contributed by atoms with Gasteiger partial charge in [-0.1, -0.05) is 19.4 Å². The molecule has 0 aliphatic heterocycles. The van der Waals surface area contributed by atoms with Gasteiger partial charge in [0.15, 0.2) is 11.5 Å². The van der Waals surface area contributed by atoms with E-state index in [1.807, 2.05) is 0 Å². The molecule has 1 aromatic carbocycles. The van der Waals surface area contributed by atoms with Gasteiger partial charge in [-0.15, -0.1) is 0 Å². The van der Waals surface area contributed by atoms with Gasteiger partial charge < -0.3 is 14.9 Å². The molecule has 3 heteroatoms. The van der Waals surface area contributed by atoms with E-state index in [0.29, 0.717) is 6.61 Å². The van der Waals surface area contributed by atoms with Crippen molar-refractivity contribution in [3.05, 3.63) is 23.8 Å². The topological polar surface area (TPSA) is 49.7 Å². The summed E-state index contributed by atoms with van der Waals surface area (Å²) in [6, 6.07) is 4.72. The summed E-state index contributed by atoms with van der Waals surface area (Å²) in [5.74, 6) is -0.191. The van der Waals surface area contributed by atoms with Crippen LogP contribution in [-0.4, -0.2) is 16.8 Å². The van der Waals surface area contributed by atoms with Crippen LogP contribution in [0.1, 0.15) is 25.3 Å². The van der Waals surface area contributed by atoms with Crippen molar-refractivity contribution in [3.8, 4) is 11.5 Å². The van der Waals surface area contributed by atoms with Crippen LogP contribution >= 0.6 is 0 Å². The van der Waals surface area contributed by atoms with E-state index < -0.39 is 0 Å². The van der Waals surface area contributed by atoms with Gasteiger partial charge in [0.25, 0.3) is 0 Å². The van der Waals surface area contributed by atoms with E-state index in [4.69, 9.17) is 9.84 Å². The summed E-state index contributed by atoms with van der Waals surface area (Å²) in [4.78, 5) is 0. The third-order valence-electron chi connectivity index (χ3n) is 1.95. The van der Waals surface area contributed by atoms with Crippen LogP contribution in [0, 0.1) is 0 Å². The molecular weight excluding hydrogens is 180 g/mol. The van der Waals surface area contributed by atoms with Crippen molar-refractivity contribution in [2.24, 2.45) is 0 Å². The predicted molar refractivity (Wildman–Crippen MR) is 54.3 cm³/mol. The zero-order valence-electron chi connectivity index (χ0n) is 8.36. The second-order valence-corrected chi connectivity index (χ2v) is 3.23. The van der Waals surface area contributed by atoms with Crippen molar-refractivity contribution in [1.82, 2.24) is 0 Å². The summed E-state index contributed by atoms with van der Waals surface area (Å²) in [5.41, 5.74) is 0.872. The van der Waals surface area contributed by atoms with E-state index in [9.17, 15) is 5.11 Å². The number of rotatable bonds is 5. The highest BCUT2D eigenvalue weighted by atomic mass is 16.5. The van der Waals surface area contributed by atoms with E-state index in [1.165, 1.54) is 12.1 Å². The number of hydrogen-bond donors (Lipinski definition) is 2. The lowest BCUT2D eigenvalue weighted by Gasteiger charge is -2.04. The molecule has 0 heterocycles. The Bertz CT molecular complexity index is 284. The van der Waals surface area contributed by atoms with Gasteiger partial charge in [-0.25, -0.2) is 0 Å². The van der Waals surface area contributed by atoms with Gasteiger partial charge in [0.1, 0.15) is 0 Å². The fraction of sp³-hybridized carbons (Fsp3) is 0.455. The van der Waals surface area contributed by atoms with Crippen LogP contribution in [0.15, 0.2) is 18.2 Å². The Morgan fingerprint density at radius 1 is 1.21 bits per heavy atom. The van der Waals surface area contributed by atoms with E-state index in [0.717, 1.165) is 25.0 Å². The first-order valence-corrected chi connectivity index (χ1v) is 4.82. The second kappa shape index (κ2) is 5.50. The first-order valence-electron chi connectivity index (χ1n) is 4.82. The van der Waals surface area contributed by atoms with Gasteiger partial charge in [0.05, 0.1) is 6.61 Å². The Morgan fingerprint density at radius 2 is 2.00 bits per heavy atom. The van der Waals surface area contributed by atoms with Crippen molar-refractivity contribution in [3.63, 3.8) is 0 Å². The SMILES string of the molecule is CCCCOCc1ccc(O)c(O)c1. The number of aromatic hydroxyl groups is 2. The maximum absolute atomic E-state index is 9.20. The van der Waals surface area contributed by atoms with Gasteiger partial charge >= 0.3 is 0 Å². The van der Waals surface area contributed by atoms with E-state index in [2.05, 4.69) is 6.92 Å². The fourth-order valence-electron chi connectivity index (χ4n) is 1.10. The minimum atomic E-state index is -0.0957. The molecule has 0 bridgehead atoms. The molecule has 3 nitrogen and oxygen atoms in total. The number of benzene rings is 1. The lowest BCUT2D eigenvalue weighted by Crippen LogP contribution is -1.94.